The van der Waals surface area contributed by atoms with Crippen molar-refractivity contribution in [1.82, 2.24) is 10.2 Å². The van der Waals surface area contributed by atoms with Gasteiger partial charge in [0.25, 0.3) is 0 Å². The maximum atomic E-state index is 16.3. The Labute approximate surface area is 464 Å². The molecule has 8 unspecified atom stereocenters. The molecule has 5 N–H and O–H groups in total. The van der Waals surface area contributed by atoms with Gasteiger partial charge in [-0.3, -0.25) is 14.9 Å². The van der Waals surface area contributed by atoms with Crippen molar-refractivity contribution in [3.8, 4) is 23.0 Å². The largest absolute Gasteiger partial charge is 0.482 e. The lowest BCUT2D eigenvalue weighted by Gasteiger charge is -2.70. The molecule has 17 nitrogen and oxygen atoms in total. The number of ether oxygens (including phenoxy) is 7. The lowest BCUT2D eigenvalue weighted by atomic mass is 9.39. The molecule has 80 heavy (non-hydrogen) atoms. The fourth-order valence-corrected chi connectivity index (χ4v) is 15.2. The Hall–Kier alpha value is -6.44. The van der Waals surface area contributed by atoms with Crippen LogP contribution in [0.25, 0.3) is 11.8 Å². The number of Topliss-reactive ketones (excluding diaryl/α,β-unsaturated/α-hetero) is 2. The summed E-state index contributed by atoms with van der Waals surface area (Å²) in [5.74, 6) is -3.15. The smallest absolute Gasteiger partial charge is 0.343 e. The van der Waals surface area contributed by atoms with E-state index >= 15 is 14.4 Å². The summed E-state index contributed by atoms with van der Waals surface area (Å²) in [6, 6.07) is 13.5. The molecule has 17 heteroatoms. The Balaban J connectivity index is 1.11. The monoisotopic (exact) mass is 1090 g/mol. The molecule has 422 valence electrons. The number of allylic oxidation sites excluding steroid dienone is 5. The number of aliphatic hydroxyl groups is 4. The van der Waals surface area contributed by atoms with Crippen LogP contribution in [0.4, 0.5) is 0 Å². The molecule has 2 spiro atoms. The number of rotatable bonds is 13. The summed E-state index contributed by atoms with van der Waals surface area (Å²) in [6.45, 7) is 16.0. The van der Waals surface area contributed by atoms with Crippen molar-refractivity contribution in [3.63, 3.8) is 0 Å². The van der Waals surface area contributed by atoms with Crippen LogP contribution >= 0.6 is 0 Å². The van der Waals surface area contributed by atoms with E-state index < -0.39 is 101 Å². The molecule has 3 aromatic carbocycles. The van der Waals surface area contributed by atoms with Crippen LogP contribution in [0.5, 0.6) is 23.0 Å². The first kappa shape index (κ1) is 54.2. The topological polar surface area (TPSA) is 229 Å². The Morgan fingerprint density at radius 1 is 0.887 bits per heavy atom. The average molecular weight is 1100 g/mol. The number of hydrogen-bond donors (Lipinski definition) is 5. The zero-order valence-corrected chi connectivity index (χ0v) is 46.6. The number of fused-ring (bicyclic) bond motifs is 5. The van der Waals surface area contributed by atoms with E-state index in [1.807, 2.05) is 71.0 Å². The van der Waals surface area contributed by atoms with Crippen molar-refractivity contribution in [1.29, 1.82) is 0 Å². The highest BCUT2D eigenvalue weighted by molar-refractivity contribution is 6.22. The molecule has 3 saturated heterocycles. The second-order valence-electron chi connectivity index (χ2n) is 24.3. The lowest BCUT2D eigenvalue weighted by molar-refractivity contribution is -0.277. The first-order valence-electron chi connectivity index (χ1n) is 27.8. The van der Waals surface area contributed by atoms with Crippen LogP contribution in [-0.4, -0.2) is 129 Å². The van der Waals surface area contributed by atoms with E-state index in [4.69, 9.17) is 33.2 Å². The third-order valence-corrected chi connectivity index (χ3v) is 18.6. The summed E-state index contributed by atoms with van der Waals surface area (Å²) in [5.41, 5.74) is 0.446. The maximum Gasteiger partial charge on any atom is 0.343 e. The van der Waals surface area contributed by atoms with E-state index in [9.17, 15) is 25.2 Å². The quantitative estimate of drug-likeness (QED) is 0.0512. The highest BCUT2D eigenvalue weighted by Crippen LogP contribution is 2.78. The normalized spacial score (nSPS) is 34.2. The third kappa shape index (κ3) is 7.60. The Bertz CT molecular complexity index is 3310. The van der Waals surface area contributed by atoms with Gasteiger partial charge in [0.05, 0.1) is 47.6 Å². The number of nitrogens with zero attached hydrogens (tertiary/aromatic N) is 1. The number of ketones is 2. The van der Waals surface area contributed by atoms with Crippen LogP contribution in [-0.2, 0) is 35.9 Å². The predicted octanol–water partition coefficient (Wildman–Crippen LogP) is 6.82. The zero-order chi connectivity index (χ0) is 56.7. The molecule has 0 aromatic heterocycles. The van der Waals surface area contributed by atoms with E-state index in [1.165, 1.54) is 36.9 Å². The van der Waals surface area contributed by atoms with Gasteiger partial charge < -0.3 is 58.5 Å². The molecular weight excluding hydrogens is 1020 g/mol. The molecule has 10 aliphatic rings. The van der Waals surface area contributed by atoms with Crippen LogP contribution in [0.15, 0.2) is 95.1 Å². The van der Waals surface area contributed by atoms with Crippen molar-refractivity contribution >= 4 is 35.3 Å². The minimum absolute atomic E-state index is 0.0360. The molecule has 3 aromatic rings. The fourth-order valence-electron chi connectivity index (χ4n) is 15.2. The number of carbonyl (C=O) groups is 4. The molecule has 13 atom stereocenters. The Kier molecular flexibility index (Phi) is 12.9. The van der Waals surface area contributed by atoms with Crippen LogP contribution in [0, 0.1) is 23.7 Å². The highest BCUT2D eigenvalue weighted by atomic mass is 16.7. The SMILES string of the molecule is COC(=O)/C(C)=C\CC12OC(C)(C)C3CC(C1=O)C1C4=C(c5ccccc5C4=O)N4CCNC45c4c(OC(=O)c6ccc(O[C@H]7O[C@@H](CO)[C@H](O)[C@@H](O)[C@@H]7O)cc6)c6c(c(CC=C(C)C)c4OC32C15)OC(C)(CCC=C(C)C)C=C6. The molecule has 4 bridgehead atoms. The summed E-state index contributed by atoms with van der Waals surface area (Å²) in [7, 11) is 1.32. The van der Waals surface area contributed by atoms with Gasteiger partial charge in [-0.1, -0.05) is 53.6 Å². The van der Waals surface area contributed by atoms with Crippen molar-refractivity contribution < 1.29 is 72.8 Å². The van der Waals surface area contributed by atoms with Gasteiger partial charge in [-0.05, 0) is 117 Å². The van der Waals surface area contributed by atoms with Gasteiger partial charge in [-0.15, -0.1) is 0 Å². The number of methoxy groups -OCH3 is 1. The molecule has 0 amide bonds. The standard InChI is InChI=1S/C63H70N2O15/c1-31(2)13-12-24-60(8)25-23-39-51(78-60)38(21-16-32(3)4)53-45(52(39)77-57(73)34-17-19-35(20-18-34)75-58-50(70)49(69)48(68)41(30-66)76-58)63-54-43(44-46(65(63)28-27-64-63)36-14-10-11-15-37(36)47(44)67)40-29-42-59(6,7)80-61(55(40)71,62(42,54)79-53)26-22-33(5)56(72)74-9/h10-11,13-20,22-23,25,40-43,48-50,54,58,64,66,68-70H,12,21,24,26-30H2,1-9H3/b33-22-/t40?,41-,42?,43?,48-,49+,50-,54?,58-,60?,61?,62?,63?/m0/s1. The summed E-state index contributed by atoms with van der Waals surface area (Å²) in [6.07, 6.45) is 4.36. The summed E-state index contributed by atoms with van der Waals surface area (Å²) in [5, 5.41) is 45.4. The Morgan fingerprint density at radius 3 is 2.31 bits per heavy atom. The van der Waals surface area contributed by atoms with E-state index in [0.29, 0.717) is 83.7 Å². The van der Waals surface area contributed by atoms with Gasteiger partial charge in [-0.25, -0.2) is 9.59 Å². The lowest BCUT2D eigenvalue weighted by Crippen LogP contribution is -2.84. The molecular formula is C63H70N2O15. The van der Waals surface area contributed by atoms with E-state index in [1.54, 1.807) is 13.0 Å². The second kappa shape index (κ2) is 19.1. The average Bonchev–Trinajstić information content (AvgIpc) is 2.39. The molecule has 6 fully saturated rings. The van der Waals surface area contributed by atoms with Crippen molar-refractivity contribution in [3.05, 3.63) is 129 Å². The number of esters is 2. The van der Waals surface area contributed by atoms with Gasteiger partial charge >= 0.3 is 11.9 Å². The maximum absolute atomic E-state index is 16.3. The first-order valence-corrected chi connectivity index (χ1v) is 27.8. The zero-order valence-electron chi connectivity index (χ0n) is 46.6. The van der Waals surface area contributed by atoms with Crippen molar-refractivity contribution in [2.45, 2.75) is 146 Å². The van der Waals surface area contributed by atoms with Crippen LogP contribution in [0.2, 0.25) is 0 Å². The number of carbonyl (C=O) groups excluding carboxylic acids is 4. The predicted molar refractivity (Wildman–Crippen MR) is 291 cm³/mol. The molecule has 3 saturated carbocycles. The van der Waals surface area contributed by atoms with E-state index in [-0.39, 0.29) is 35.0 Å². The van der Waals surface area contributed by atoms with Gasteiger partial charge in [0.1, 0.15) is 52.9 Å². The van der Waals surface area contributed by atoms with Gasteiger partial charge in [0.15, 0.2) is 28.5 Å². The molecule has 4 aliphatic carbocycles. The van der Waals surface area contributed by atoms with Gasteiger partial charge in [-0.2, -0.15) is 0 Å². The van der Waals surface area contributed by atoms with Crippen molar-refractivity contribution in [2.24, 2.45) is 23.7 Å². The van der Waals surface area contributed by atoms with E-state index in [2.05, 4.69) is 36.2 Å². The van der Waals surface area contributed by atoms with Crippen LogP contribution < -0.4 is 24.3 Å². The second-order valence-corrected chi connectivity index (χ2v) is 24.3. The number of aliphatic hydroxyl groups excluding tert-OH is 4. The van der Waals surface area contributed by atoms with Crippen molar-refractivity contribution in [2.75, 3.05) is 26.8 Å². The van der Waals surface area contributed by atoms with Gasteiger partial charge in [0, 0.05) is 65.1 Å². The molecule has 0 radical (unpaired) electrons. The summed E-state index contributed by atoms with van der Waals surface area (Å²) in [4.78, 5) is 62.4. The third-order valence-electron chi connectivity index (χ3n) is 18.6. The molecule has 6 aliphatic heterocycles. The minimum atomic E-state index is -1.70. The number of nitrogens with one attached hydrogen (secondary N) is 1. The van der Waals surface area contributed by atoms with Crippen LogP contribution in [0.1, 0.15) is 124 Å². The summed E-state index contributed by atoms with van der Waals surface area (Å²) >= 11 is 0. The minimum Gasteiger partial charge on any atom is -0.482 e. The summed E-state index contributed by atoms with van der Waals surface area (Å²) < 4.78 is 46.6. The van der Waals surface area contributed by atoms with Crippen LogP contribution in [0.3, 0.4) is 0 Å². The van der Waals surface area contributed by atoms with E-state index in [0.717, 1.165) is 16.8 Å². The molecule has 13 rings (SSSR count). The number of benzene rings is 3. The molecule has 6 heterocycles. The Morgan fingerprint density at radius 2 is 1.61 bits per heavy atom. The number of hydrogen-bond acceptors (Lipinski definition) is 17. The first-order chi connectivity index (χ1) is 38.1. The van der Waals surface area contributed by atoms with Gasteiger partial charge in [0.2, 0.25) is 6.29 Å². The highest BCUT2D eigenvalue weighted by Gasteiger charge is 2.89. The fraction of sp³-hybridized carbons (Fsp3) is 0.492.